The molecule has 4 aromatic heterocycles. The maximum absolute atomic E-state index is 15.5. The molecule has 3 aliphatic heterocycles. The summed E-state index contributed by atoms with van der Waals surface area (Å²) in [6.45, 7) is 10.6. The molecule has 2 N–H and O–H groups in total. The van der Waals surface area contributed by atoms with Gasteiger partial charge in [0.1, 0.15) is 17.3 Å². The summed E-state index contributed by atoms with van der Waals surface area (Å²) in [7, 11) is 0. The van der Waals surface area contributed by atoms with Crippen LogP contribution >= 0.6 is 0 Å². The van der Waals surface area contributed by atoms with Crippen molar-refractivity contribution in [2.75, 3.05) is 61.1 Å². The zero-order valence-electron chi connectivity index (χ0n) is 28.3. The van der Waals surface area contributed by atoms with Crippen molar-refractivity contribution in [3.05, 3.63) is 83.3 Å². The first-order valence-corrected chi connectivity index (χ1v) is 17.4. The Morgan fingerprint density at radius 2 is 1.86 bits per heavy atom. The Morgan fingerprint density at radius 1 is 1.02 bits per heavy atom. The lowest BCUT2D eigenvalue weighted by Crippen LogP contribution is -2.56. The highest BCUT2D eigenvalue weighted by Crippen LogP contribution is 2.41. The number of aromatic nitrogens is 5. The van der Waals surface area contributed by atoms with Gasteiger partial charge in [-0.1, -0.05) is 13.8 Å². The lowest BCUT2D eigenvalue weighted by atomic mass is 9.90. The fourth-order valence-corrected chi connectivity index (χ4v) is 8.10. The first kappa shape index (κ1) is 31.2. The van der Waals surface area contributed by atoms with Crippen molar-refractivity contribution in [3.63, 3.8) is 0 Å². The van der Waals surface area contributed by atoms with Crippen molar-refractivity contribution in [3.8, 4) is 11.3 Å². The van der Waals surface area contributed by atoms with Gasteiger partial charge in [0.15, 0.2) is 5.65 Å². The first-order valence-electron chi connectivity index (χ1n) is 17.4. The predicted octanol–water partition coefficient (Wildman–Crippen LogP) is 4.27. The highest BCUT2D eigenvalue weighted by molar-refractivity contribution is 6.07. The number of nitrogens with one attached hydrogen (secondary N) is 1. The Kier molecular flexibility index (Phi) is 7.41. The number of aliphatic hydroxyl groups is 1. The molecule has 1 amide bonds. The number of carbonyl (C=O) groups excluding carboxylic acids is 1. The highest BCUT2D eigenvalue weighted by Gasteiger charge is 2.37. The molecule has 9 rings (SSSR count). The third kappa shape index (κ3) is 5.31. The molecule has 1 aliphatic carbocycles. The number of amides is 1. The first-order chi connectivity index (χ1) is 24.2. The predicted molar refractivity (Wildman–Crippen MR) is 188 cm³/mol. The molecule has 1 aromatic carbocycles. The van der Waals surface area contributed by atoms with Crippen LogP contribution in [0.1, 0.15) is 41.2 Å². The molecule has 50 heavy (non-hydrogen) atoms. The summed E-state index contributed by atoms with van der Waals surface area (Å²) >= 11 is 0. The topological polar surface area (TPSA) is 116 Å². The number of carbonyl (C=O) groups is 1. The van der Waals surface area contributed by atoms with Crippen LogP contribution in [0.15, 0.2) is 55.0 Å². The van der Waals surface area contributed by atoms with E-state index in [4.69, 9.17) is 14.8 Å². The lowest BCUT2D eigenvalue weighted by molar-refractivity contribution is -0.0660. The number of aliphatic hydroxyl groups excluding tert-OH is 1. The van der Waals surface area contributed by atoms with Crippen molar-refractivity contribution >= 4 is 34.4 Å². The summed E-state index contributed by atoms with van der Waals surface area (Å²) in [5.74, 6) is -0.0913. The van der Waals surface area contributed by atoms with Crippen LogP contribution in [0.3, 0.4) is 0 Å². The monoisotopic (exact) mass is 677 g/mol. The molecular weight excluding hydrogens is 637 g/mol. The number of piperazine rings is 1. The van der Waals surface area contributed by atoms with Gasteiger partial charge >= 0.3 is 0 Å². The number of hydrogen-bond donors (Lipinski definition) is 2. The third-order valence-electron chi connectivity index (χ3n) is 10.7. The van der Waals surface area contributed by atoms with Gasteiger partial charge in [0, 0.05) is 68.5 Å². The molecule has 0 radical (unpaired) electrons. The van der Waals surface area contributed by atoms with E-state index in [0.717, 1.165) is 57.9 Å². The second kappa shape index (κ2) is 11.9. The fraction of sp³-hybridized carbons (Fsp3) is 0.405. The number of benzene rings is 1. The molecule has 12 nitrogen and oxygen atoms in total. The third-order valence-corrected chi connectivity index (χ3v) is 10.7. The number of imidazole rings is 1. The van der Waals surface area contributed by atoms with Crippen LogP contribution in [-0.2, 0) is 30.7 Å². The number of anilines is 4. The minimum Gasteiger partial charge on any atom is -0.392 e. The lowest BCUT2D eigenvalue weighted by Gasteiger charge is -2.43. The van der Waals surface area contributed by atoms with Crippen molar-refractivity contribution in [1.82, 2.24) is 29.0 Å². The number of hydrogen-bond acceptors (Lipinski definition) is 9. The standard InChI is InChI=1S/C37H40FN9O3/c1-37(2)17-23-13-32-36(49)46(12-11-45(32)33(23)18-37)31-15-24(38)14-27(28(31)20-48)29-16-30(35-39-5-6-47(35)42-29)41-34-4-3-25(19-40-34)43-7-9-44(10-8-43)26-21-50-22-26/h3-6,13-16,19,26,48H,7-12,17-18,20-22H2,1-2H3,(H,40,41). The second-order valence-corrected chi connectivity index (χ2v) is 14.6. The molecule has 0 spiro atoms. The molecule has 2 fully saturated rings. The van der Waals surface area contributed by atoms with E-state index in [2.05, 4.69) is 44.6 Å². The fourth-order valence-electron chi connectivity index (χ4n) is 8.10. The number of rotatable bonds is 7. The number of ether oxygens (including phenoxy) is 1. The minimum absolute atomic E-state index is 0.173. The zero-order valence-corrected chi connectivity index (χ0v) is 28.3. The van der Waals surface area contributed by atoms with Gasteiger partial charge in [0.05, 0.1) is 54.8 Å². The zero-order chi connectivity index (χ0) is 34.1. The molecule has 7 heterocycles. The molecule has 5 aromatic rings. The van der Waals surface area contributed by atoms with Crippen molar-refractivity contribution in [1.29, 1.82) is 0 Å². The number of fused-ring (bicyclic) bond motifs is 4. The Hall–Kier alpha value is -4.85. The maximum Gasteiger partial charge on any atom is 0.274 e. The van der Waals surface area contributed by atoms with Gasteiger partial charge in [0.2, 0.25) is 0 Å². The summed E-state index contributed by atoms with van der Waals surface area (Å²) in [5.41, 5.74) is 7.07. The highest BCUT2D eigenvalue weighted by atomic mass is 19.1. The van der Waals surface area contributed by atoms with Crippen LogP contribution in [0.25, 0.3) is 16.9 Å². The van der Waals surface area contributed by atoms with Crippen LogP contribution in [0, 0.1) is 11.2 Å². The van der Waals surface area contributed by atoms with Gasteiger partial charge in [-0.15, -0.1) is 0 Å². The smallest absolute Gasteiger partial charge is 0.274 e. The summed E-state index contributed by atoms with van der Waals surface area (Å²) in [5, 5.41) is 18.9. The van der Waals surface area contributed by atoms with Gasteiger partial charge in [0.25, 0.3) is 5.91 Å². The van der Waals surface area contributed by atoms with E-state index in [1.54, 1.807) is 27.9 Å². The van der Waals surface area contributed by atoms with E-state index in [9.17, 15) is 9.90 Å². The largest absolute Gasteiger partial charge is 0.392 e. The Bertz CT molecular complexity index is 2110. The van der Waals surface area contributed by atoms with Crippen LogP contribution in [0.4, 0.5) is 27.3 Å². The van der Waals surface area contributed by atoms with E-state index in [1.807, 2.05) is 18.3 Å². The van der Waals surface area contributed by atoms with Crippen molar-refractivity contribution < 1.29 is 19.0 Å². The summed E-state index contributed by atoms with van der Waals surface area (Å²) in [6, 6.07) is 11.0. The summed E-state index contributed by atoms with van der Waals surface area (Å²) < 4.78 is 24.6. The Labute approximate surface area is 289 Å². The number of nitrogens with zero attached hydrogens (tertiary/aromatic N) is 8. The van der Waals surface area contributed by atoms with Gasteiger partial charge < -0.3 is 29.5 Å². The van der Waals surface area contributed by atoms with Crippen LogP contribution < -0.4 is 15.1 Å². The normalized spacial score (nSPS) is 19.2. The van der Waals surface area contributed by atoms with E-state index in [-0.39, 0.29) is 11.3 Å². The van der Waals surface area contributed by atoms with Gasteiger partial charge in [-0.05, 0) is 60.2 Å². The molecular formula is C37H40FN9O3. The van der Waals surface area contributed by atoms with E-state index < -0.39 is 12.4 Å². The van der Waals surface area contributed by atoms with E-state index in [1.165, 1.54) is 23.4 Å². The van der Waals surface area contributed by atoms with Crippen LogP contribution in [-0.4, -0.2) is 92.0 Å². The molecule has 2 saturated heterocycles. The molecule has 0 bridgehead atoms. The van der Waals surface area contributed by atoms with E-state index in [0.29, 0.717) is 64.5 Å². The molecule has 13 heteroatoms. The molecule has 4 aliphatic rings. The molecule has 258 valence electrons. The van der Waals surface area contributed by atoms with Crippen molar-refractivity contribution in [2.24, 2.45) is 5.41 Å². The average molecular weight is 678 g/mol. The molecule has 0 unspecified atom stereocenters. The quantitative estimate of drug-likeness (QED) is 0.261. The molecule has 0 atom stereocenters. The van der Waals surface area contributed by atoms with Gasteiger partial charge in [-0.3, -0.25) is 9.69 Å². The SMILES string of the molecule is CC1(C)Cc2cc3n(c2C1)CCN(c1cc(F)cc(-c2cc(Nc4ccc(N5CCN(C6COC6)CC5)cn4)c4nccn4n2)c1CO)C3=O. The number of halogens is 1. The van der Waals surface area contributed by atoms with Gasteiger partial charge in [-0.25, -0.2) is 18.9 Å². The Balaban J connectivity index is 1.00. The average Bonchev–Trinajstić information content (AvgIpc) is 3.77. The Morgan fingerprint density at radius 3 is 2.60 bits per heavy atom. The van der Waals surface area contributed by atoms with E-state index >= 15 is 4.39 Å². The van der Waals surface area contributed by atoms with Crippen LogP contribution in [0.2, 0.25) is 0 Å². The summed E-state index contributed by atoms with van der Waals surface area (Å²) in [4.78, 5) is 29.6. The molecule has 0 saturated carbocycles. The maximum atomic E-state index is 15.5. The van der Waals surface area contributed by atoms with Gasteiger partial charge in [-0.2, -0.15) is 5.10 Å². The minimum atomic E-state index is -0.522. The van der Waals surface area contributed by atoms with Crippen molar-refractivity contribution in [2.45, 2.75) is 45.9 Å². The second-order valence-electron chi connectivity index (χ2n) is 14.6. The number of pyridine rings is 1. The summed E-state index contributed by atoms with van der Waals surface area (Å²) in [6.07, 6.45) is 7.09. The van der Waals surface area contributed by atoms with Crippen LogP contribution in [0.5, 0.6) is 0 Å².